The average molecular weight is 267 g/mol. The lowest BCUT2D eigenvalue weighted by molar-refractivity contribution is 0.198. The van der Waals surface area contributed by atoms with Crippen LogP contribution < -0.4 is 11.3 Å². The van der Waals surface area contributed by atoms with E-state index in [1.165, 1.54) is 24.8 Å². The van der Waals surface area contributed by atoms with Crippen LogP contribution in [0.5, 0.6) is 0 Å². The number of benzene rings is 1. The van der Waals surface area contributed by atoms with E-state index < -0.39 is 0 Å². The maximum Gasteiger partial charge on any atom is 0.0493 e. The Labute approximate surface area is 115 Å². The minimum Gasteiger partial charge on any atom is -0.271 e. The molecule has 0 amide bonds. The van der Waals surface area contributed by atoms with Crippen molar-refractivity contribution in [3.8, 4) is 0 Å². The average Bonchev–Trinajstić information content (AvgIpc) is 2.65. The van der Waals surface area contributed by atoms with E-state index in [0.29, 0.717) is 11.3 Å². The Morgan fingerprint density at radius 2 is 2.17 bits per heavy atom. The van der Waals surface area contributed by atoms with E-state index in [4.69, 9.17) is 17.4 Å². The van der Waals surface area contributed by atoms with Gasteiger partial charge in [0.2, 0.25) is 0 Å². The summed E-state index contributed by atoms with van der Waals surface area (Å²) < 4.78 is 0. The van der Waals surface area contributed by atoms with Crippen molar-refractivity contribution in [2.45, 2.75) is 46.1 Å². The zero-order chi connectivity index (χ0) is 13.3. The number of aryl methyl sites for hydroxylation is 1. The molecule has 2 nitrogen and oxygen atoms in total. The molecule has 2 unspecified atom stereocenters. The summed E-state index contributed by atoms with van der Waals surface area (Å²) in [5.74, 6) is 6.37. The molecule has 0 saturated heterocycles. The third kappa shape index (κ3) is 2.56. The quantitative estimate of drug-likeness (QED) is 0.642. The molecule has 1 aliphatic carbocycles. The Balaban J connectivity index is 2.30. The van der Waals surface area contributed by atoms with Gasteiger partial charge in [-0.25, -0.2) is 0 Å². The number of hydrazine groups is 1. The van der Waals surface area contributed by atoms with Crippen LogP contribution in [0.3, 0.4) is 0 Å². The molecule has 1 aromatic rings. The highest BCUT2D eigenvalue weighted by atomic mass is 35.5. The monoisotopic (exact) mass is 266 g/mol. The van der Waals surface area contributed by atoms with Crippen molar-refractivity contribution in [3.05, 3.63) is 34.3 Å². The highest BCUT2D eigenvalue weighted by Gasteiger charge is 2.39. The van der Waals surface area contributed by atoms with Gasteiger partial charge in [-0.1, -0.05) is 44.0 Å². The summed E-state index contributed by atoms with van der Waals surface area (Å²) in [5.41, 5.74) is 5.66. The number of hydrogen-bond acceptors (Lipinski definition) is 2. The van der Waals surface area contributed by atoms with Gasteiger partial charge in [-0.05, 0) is 48.3 Å². The van der Waals surface area contributed by atoms with Crippen LogP contribution in [0.2, 0.25) is 5.02 Å². The summed E-state index contributed by atoms with van der Waals surface area (Å²) in [4.78, 5) is 0. The first-order valence-corrected chi connectivity index (χ1v) is 7.05. The fourth-order valence-electron chi connectivity index (χ4n) is 3.22. The molecule has 0 aromatic heterocycles. The molecule has 0 radical (unpaired) electrons. The van der Waals surface area contributed by atoms with Crippen molar-refractivity contribution in [3.63, 3.8) is 0 Å². The smallest absolute Gasteiger partial charge is 0.0493 e. The van der Waals surface area contributed by atoms with E-state index in [1.807, 2.05) is 6.92 Å². The second-order valence-corrected chi connectivity index (χ2v) is 6.55. The van der Waals surface area contributed by atoms with E-state index in [1.54, 1.807) is 0 Å². The molecule has 0 bridgehead atoms. The predicted octanol–water partition coefficient (Wildman–Crippen LogP) is 3.98. The van der Waals surface area contributed by atoms with Crippen LogP contribution in [0, 0.1) is 18.3 Å². The molecule has 0 heterocycles. The molecular weight excluding hydrogens is 244 g/mol. The molecule has 3 N–H and O–H groups in total. The fraction of sp³-hybridized carbons (Fsp3) is 0.600. The van der Waals surface area contributed by atoms with E-state index in [2.05, 4.69) is 37.5 Å². The molecule has 0 spiro atoms. The largest absolute Gasteiger partial charge is 0.271 e. The Bertz CT molecular complexity index is 429. The molecule has 18 heavy (non-hydrogen) atoms. The molecule has 100 valence electrons. The van der Waals surface area contributed by atoms with E-state index in [0.717, 1.165) is 10.6 Å². The van der Waals surface area contributed by atoms with Gasteiger partial charge in [0.05, 0.1) is 0 Å². The van der Waals surface area contributed by atoms with Gasteiger partial charge >= 0.3 is 0 Å². The number of nitrogens with two attached hydrogens (primary N) is 1. The lowest BCUT2D eigenvalue weighted by Gasteiger charge is -2.34. The van der Waals surface area contributed by atoms with Crippen LogP contribution >= 0.6 is 11.6 Å². The van der Waals surface area contributed by atoms with Crippen molar-refractivity contribution >= 4 is 11.6 Å². The molecule has 3 heteroatoms. The Kier molecular flexibility index (Phi) is 4.00. The molecule has 0 aliphatic heterocycles. The first-order valence-electron chi connectivity index (χ1n) is 6.68. The number of halogens is 1. The highest BCUT2D eigenvalue weighted by Crippen LogP contribution is 2.48. The summed E-state index contributed by atoms with van der Waals surface area (Å²) in [6.07, 6.45) is 3.79. The Hall–Kier alpha value is -0.570. The van der Waals surface area contributed by atoms with Gasteiger partial charge in [0.15, 0.2) is 0 Å². The number of nitrogens with one attached hydrogen (secondary N) is 1. The van der Waals surface area contributed by atoms with Crippen molar-refractivity contribution < 1.29 is 0 Å². The van der Waals surface area contributed by atoms with Gasteiger partial charge in [0.1, 0.15) is 0 Å². The van der Waals surface area contributed by atoms with Crippen molar-refractivity contribution in [1.29, 1.82) is 0 Å². The minimum absolute atomic E-state index is 0.195. The van der Waals surface area contributed by atoms with Crippen LogP contribution in [0.15, 0.2) is 18.2 Å². The molecule has 2 rings (SSSR count). The molecule has 2 atom stereocenters. The highest BCUT2D eigenvalue weighted by molar-refractivity contribution is 6.31. The summed E-state index contributed by atoms with van der Waals surface area (Å²) in [7, 11) is 0. The number of rotatable bonds is 3. The van der Waals surface area contributed by atoms with Crippen LogP contribution in [0.1, 0.15) is 50.3 Å². The molecule has 1 aliphatic rings. The molecule has 1 aromatic carbocycles. The zero-order valence-electron chi connectivity index (χ0n) is 11.5. The topological polar surface area (TPSA) is 38.0 Å². The second-order valence-electron chi connectivity index (χ2n) is 6.14. The first-order chi connectivity index (χ1) is 8.45. The predicted molar refractivity (Wildman–Crippen MR) is 77.4 cm³/mol. The zero-order valence-corrected chi connectivity index (χ0v) is 12.2. The van der Waals surface area contributed by atoms with Gasteiger partial charge in [-0.15, -0.1) is 0 Å². The van der Waals surface area contributed by atoms with Crippen LogP contribution in [-0.2, 0) is 0 Å². The van der Waals surface area contributed by atoms with Crippen molar-refractivity contribution in [1.82, 2.24) is 5.43 Å². The molecule has 1 fully saturated rings. The van der Waals surface area contributed by atoms with E-state index >= 15 is 0 Å². The summed E-state index contributed by atoms with van der Waals surface area (Å²) in [5, 5.41) is 0.823. The Morgan fingerprint density at radius 1 is 1.44 bits per heavy atom. The SMILES string of the molecule is Cc1ccc(C(NN)C2CCCC2(C)C)cc1Cl. The lowest BCUT2D eigenvalue weighted by Crippen LogP contribution is -2.37. The van der Waals surface area contributed by atoms with Crippen LogP contribution in [-0.4, -0.2) is 0 Å². The van der Waals surface area contributed by atoms with Crippen LogP contribution in [0.25, 0.3) is 0 Å². The normalized spacial score (nSPS) is 24.2. The van der Waals surface area contributed by atoms with Gasteiger partial charge in [0.25, 0.3) is 0 Å². The van der Waals surface area contributed by atoms with Gasteiger partial charge in [-0.2, -0.15) is 0 Å². The van der Waals surface area contributed by atoms with Gasteiger partial charge in [0, 0.05) is 11.1 Å². The van der Waals surface area contributed by atoms with Gasteiger partial charge in [-0.3, -0.25) is 11.3 Å². The molecular formula is C15H23ClN2. The Morgan fingerprint density at radius 3 is 2.67 bits per heavy atom. The maximum atomic E-state index is 6.22. The third-order valence-electron chi connectivity index (χ3n) is 4.48. The summed E-state index contributed by atoms with van der Waals surface area (Å²) >= 11 is 6.22. The second kappa shape index (κ2) is 5.20. The fourth-order valence-corrected chi connectivity index (χ4v) is 3.41. The molecule has 1 saturated carbocycles. The van der Waals surface area contributed by atoms with Crippen LogP contribution in [0.4, 0.5) is 0 Å². The lowest BCUT2D eigenvalue weighted by atomic mass is 9.75. The first kappa shape index (κ1) is 13.9. The van der Waals surface area contributed by atoms with Crippen molar-refractivity contribution in [2.75, 3.05) is 0 Å². The maximum absolute atomic E-state index is 6.22. The third-order valence-corrected chi connectivity index (χ3v) is 4.88. The number of hydrogen-bond donors (Lipinski definition) is 2. The van der Waals surface area contributed by atoms with E-state index in [-0.39, 0.29) is 6.04 Å². The summed E-state index contributed by atoms with van der Waals surface area (Å²) in [6.45, 7) is 6.70. The van der Waals surface area contributed by atoms with Crippen molar-refractivity contribution in [2.24, 2.45) is 17.2 Å². The standard InChI is InChI=1S/C15H23ClN2/c1-10-6-7-11(9-13(10)16)14(18-17)12-5-4-8-15(12,2)3/h6-7,9,12,14,18H,4-5,8,17H2,1-3H3. The van der Waals surface area contributed by atoms with E-state index in [9.17, 15) is 0 Å². The summed E-state index contributed by atoms with van der Waals surface area (Å²) in [6, 6.07) is 6.46. The van der Waals surface area contributed by atoms with Gasteiger partial charge < -0.3 is 0 Å². The minimum atomic E-state index is 0.195.